The molecule has 2 amide bonds. The third-order valence-electron chi connectivity index (χ3n) is 7.13. The zero-order valence-electron chi connectivity index (χ0n) is 20.1. The van der Waals surface area contributed by atoms with Gasteiger partial charge in [-0.2, -0.15) is 0 Å². The molecule has 0 spiro atoms. The van der Waals surface area contributed by atoms with Crippen molar-refractivity contribution >= 4 is 28.7 Å². The van der Waals surface area contributed by atoms with E-state index in [1.54, 1.807) is 24.1 Å². The summed E-state index contributed by atoms with van der Waals surface area (Å²) in [5.74, 6) is -1.40. The molecule has 1 N–H and O–H groups in total. The lowest BCUT2D eigenvalue weighted by Gasteiger charge is -2.43. The van der Waals surface area contributed by atoms with Gasteiger partial charge in [-0.15, -0.1) is 0 Å². The molecule has 0 aliphatic carbocycles. The number of hydrogen-bond acceptors (Lipinski definition) is 4. The number of rotatable bonds is 8. The van der Waals surface area contributed by atoms with Crippen molar-refractivity contribution in [3.05, 3.63) is 70.7 Å². The molecule has 0 bridgehead atoms. The van der Waals surface area contributed by atoms with Gasteiger partial charge in [0.05, 0.1) is 32.2 Å². The van der Waals surface area contributed by atoms with Crippen molar-refractivity contribution in [2.75, 3.05) is 26.8 Å². The molecule has 0 saturated carbocycles. The zero-order chi connectivity index (χ0) is 25.4. The number of carbonyl (C=O) groups excluding carboxylic acids is 2. The Balaban J connectivity index is 1.56. The molecule has 5 rings (SSSR count). The molecule has 188 valence electrons. The van der Waals surface area contributed by atoms with Crippen LogP contribution in [-0.4, -0.2) is 70.1 Å². The summed E-state index contributed by atoms with van der Waals surface area (Å²) < 4.78 is 20.9. The average molecular weight is 494 g/mol. The number of aromatic nitrogens is 1. The maximum Gasteiger partial charge on any atom is 0.321 e. The molecule has 8 nitrogen and oxygen atoms in total. The molecule has 2 aliphatic heterocycles. The molecular formula is C27H28FN3O5. The van der Waals surface area contributed by atoms with Crippen molar-refractivity contribution < 1.29 is 28.6 Å². The van der Waals surface area contributed by atoms with E-state index in [4.69, 9.17) is 9.84 Å². The van der Waals surface area contributed by atoms with Gasteiger partial charge in [-0.25, -0.2) is 9.18 Å². The van der Waals surface area contributed by atoms with Crippen LogP contribution in [0.15, 0.2) is 42.5 Å². The number of ketones is 1. The van der Waals surface area contributed by atoms with Gasteiger partial charge < -0.3 is 24.2 Å². The first-order valence-electron chi connectivity index (χ1n) is 12.0. The van der Waals surface area contributed by atoms with Gasteiger partial charge in [0.25, 0.3) is 0 Å². The summed E-state index contributed by atoms with van der Waals surface area (Å²) in [6.07, 6.45) is 0.956. The van der Waals surface area contributed by atoms with Gasteiger partial charge in [-0.05, 0) is 41.3 Å². The number of methoxy groups -OCH3 is 1. The SMILES string of the molecule is COCCc1ccc2c3c(n(Cc4ccc(F)cc4)c2c1)CN1C(=O)N(CCC(=O)O)CC(=O)[C@@H]1C3. The van der Waals surface area contributed by atoms with Crippen LogP contribution in [0.2, 0.25) is 0 Å². The van der Waals surface area contributed by atoms with Gasteiger partial charge in [-0.3, -0.25) is 9.59 Å². The number of nitrogens with zero attached hydrogens (tertiary/aromatic N) is 3. The molecule has 0 radical (unpaired) electrons. The third-order valence-corrected chi connectivity index (χ3v) is 7.13. The number of halogens is 1. The van der Waals surface area contributed by atoms with Crippen LogP contribution in [0.25, 0.3) is 10.9 Å². The summed E-state index contributed by atoms with van der Waals surface area (Å²) >= 11 is 0. The number of urea groups is 1. The molecule has 1 aromatic heterocycles. The molecular weight excluding hydrogens is 465 g/mol. The zero-order valence-corrected chi connectivity index (χ0v) is 20.1. The molecule has 1 atom stereocenters. The van der Waals surface area contributed by atoms with Gasteiger partial charge in [0, 0.05) is 43.2 Å². The quantitative estimate of drug-likeness (QED) is 0.520. The van der Waals surface area contributed by atoms with Crippen LogP contribution in [-0.2, 0) is 40.3 Å². The van der Waals surface area contributed by atoms with Gasteiger partial charge in [0.15, 0.2) is 5.78 Å². The number of amides is 2. The highest BCUT2D eigenvalue weighted by Crippen LogP contribution is 2.36. The highest BCUT2D eigenvalue weighted by atomic mass is 19.1. The summed E-state index contributed by atoms with van der Waals surface area (Å²) in [6.45, 7) is 1.25. The number of carbonyl (C=O) groups is 3. The predicted molar refractivity (Wildman–Crippen MR) is 130 cm³/mol. The summed E-state index contributed by atoms with van der Waals surface area (Å²) in [7, 11) is 1.67. The number of carboxylic acids is 1. The molecule has 3 heterocycles. The fourth-order valence-electron chi connectivity index (χ4n) is 5.27. The first-order chi connectivity index (χ1) is 17.4. The lowest BCUT2D eigenvalue weighted by molar-refractivity contribution is -0.138. The van der Waals surface area contributed by atoms with E-state index >= 15 is 0 Å². The fourth-order valence-corrected chi connectivity index (χ4v) is 5.27. The smallest absolute Gasteiger partial charge is 0.321 e. The summed E-state index contributed by atoms with van der Waals surface area (Å²) in [5, 5.41) is 10.1. The van der Waals surface area contributed by atoms with Gasteiger partial charge >= 0.3 is 12.0 Å². The molecule has 3 aromatic rings. The van der Waals surface area contributed by atoms with Crippen LogP contribution in [0.1, 0.15) is 28.8 Å². The number of carboxylic acid groups (broad SMARTS) is 1. The minimum absolute atomic E-state index is 0.00257. The maximum absolute atomic E-state index is 13.5. The van der Waals surface area contributed by atoms with E-state index < -0.39 is 12.0 Å². The van der Waals surface area contributed by atoms with Crippen molar-refractivity contribution in [3.8, 4) is 0 Å². The van der Waals surface area contributed by atoms with Crippen LogP contribution in [0, 0.1) is 5.82 Å². The highest BCUT2D eigenvalue weighted by molar-refractivity contribution is 5.98. The Kier molecular flexibility index (Phi) is 6.49. The number of aliphatic carboxylic acids is 1. The summed E-state index contributed by atoms with van der Waals surface area (Å²) in [5.41, 5.74) is 5.02. The van der Waals surface area contributed by atoms with Crippen LogP contribution in [0.4, 0.5) is 9.18 Å². The number of ether oxygens (including phenoxy) is 1. The van der Waals surface area contributed by atoms with E-state index in [-0.39, 0.29) is 43.7 Å². The first kappa shape index (κ1) is 24.0. The number of benzene rings is 2. The Hall–Kier alpha value is -3.72. The molecule has 2 aliphatic rings. The van der Waals surface area contributed by atoms with Crippen molar-refractivity contribution in [1.82, 2.24) is 14.4 Å². The second-order valence-corrected chi connectivity index (χ2v) is 9.39. The lowest BCUT2D eigenvalue weighted by atomic mass is 9.92. The Morgan fingerprint density at radius 1 is 1.11 bits per heavy atom. The number of fused-ring (bicyclic) bond motifs is 4. The maximum atomic E-state index is 13.5. The second kappa shape index (κ2) is 9.73. The van der Waals surface area contributed by atoms with Crippen LogP contribution < -0.4 is 0 Å². The third kappa shape index (κ3) is 4.46. The van der Waals surface area contributed by atoms with Crippen LogP contribution in [0.3, 0.4) is 0 Å². The van der Waals surface area contributed by atoms with Gasteiger partial charge in [0.2, 0.25) is 0 Å². The van der Waals surface area contributed by atoms with E-state index in [1.807, 2.05) is 0 Å². The average Bonchev–Trinajstić information content (AvgIpc) is 3.16. The van der Waals surface area contributed by atoms with Crippen molar-refractivity contribution in [2.45, 2.75) is 38.4 Å². The number of hydrogen-bond donors (Lipinski definition) is 1. The first-order valence-corrected chi connectivity index (χ1v) is 12.0. The van der Waals surface area contributed by atoms with Crippen molar-refractivity contribution in [3.63, 3.8) is 0 Å². The van der Waals surface area contributed by atoms with E-state index in [0.29, 0.717) is 19.6 Å². The summed E-state index contributed by atoms with van der Waals surface area (Å²) in [6, 6.07) is 11.7. The number of Topliss-reactive ketones (excluding diaryl/α,β-unsaturated/α-hetero) is 1. The van der Waals surface area contributed by atoms with Crippen LogP contribution >= 0.6 is 0 Å². The summed E-state index contributed by atoms with van der Waals surface area (Å²) in [4.78, 5) is 40.2. The van der Waals surface area contributed by atoms with Crippen molar-refractivity contribution in [2.24, 2.45) is 0 Å². The normalized spacial score (nSPS) is 17.4. The van der Waals surface area contributed by atoms with Crippen LogP contribution in [0.5, 0.6) is 0 Å². The minimum atomic E-state index is -1.01. The molecule has 9 heteroatoms. The fraction of sp³-hybridized carbons (Fsp3) is 0.370. The van der Waals surface area contributed by atoms with Crippen molar-refractivity contribution in [1.29, 1.82) is 0 Å². The molecule has 1 fully saturated rings. The Morgan fingerprint density at radius 2 is 1.86 bits per heavy atom. The van der Waals surface area contributed by atoms with Gasteiger partial charge in [0.1, 0.15) is 5.82 Å². The standard InChI is InChI=1S/C27H28FN3O5/c1-36-11-9-17-4-7-20-21-13-23-25(32)16-29(10-8-26(33)34)27(35)31(23)15-24(21)30(22(20)12-17)14-18-2-5-19(28)6-3-18/h2-7,12,23H,8-11,13-16H2,1H3,(H,33,34)/t23-/m0/s1. The molecule has 36 heavy (non-hydrogen) atoms. The highest BCUT2D eigenvalue weighted by Gasteiger charge is 2.43. The Bertz CT molecular complexity index is 1330. The lowest BCUT2D eigenvalue weighted by Crippen LogP contribution is -2.61. The van der Waals surface area contributed by atoms with E-state index in [9.17, 15) is 18.8 Å². The topological polar surface area (TPSA) is 92.1 Å². The molecule has 2 aromatic carbocycles. The largest absolute Gasteiger partial charge is 0.481 e. The van der Waals surface area contributed by atoms with E-state index in [0.717, 1.165) is 39.7 Å². The second-order valence-electron chi connectivity index (χ2n) is 9.39. The molecule has 1 saturated heterocycles. The predicted octanol–water partition coefficient (Wildman–Crippen LogP) is 3.22. The van der Waals surface area contributed by atoms with E-state index in [1.165, 1.54) is 17.0 Å². The van der Waals surface area contributed by atoms with Gasteiger partial charge in [-0.1, -0.05) is 24.3 Å². The minimum Gasteiger partial charge on any atom is -0.481 e. The monoisotopic (exact) mass is 493 g/mol. The Morgan fingerprint density at radius 3 is 2.58 bits per heavy atom. The van der Waals surface area contributed by atoms with E-state index in [2.05, 4.69) is 22.8 Å². The Labute approximate surface area is 207 Å². The molecule has 0 unspecified atom stereocenters.